The van der Waals surface area contributed by atoms with E-state index < -0.39 is 0 Å². The molecule has 22 heavy (non-hydrogen) atoms. The molecule has 0 aromatic heterocycles. The van der Waals surface area contributed by atoms with Gasteiger partial charge in [0.25, 0.3) is 5.91 Å². The van der Waals surface area contributed by atoms with Gasteiger partial charge in [0.2, 0.25) is 0 Å². The topological polar surface area (TPSA) is 41.5 Å². The molecule has 3 heteroatoms. The lowest BCUT2D eigenvalue weighted by molar-refractivity contribution is 0.0959. The predicted molar refractivity (Wildman–Crippen MR) is 101 cm³/mol. The maximum atomic E-state index is 11.5. The van der Waals surface area contributed by atoms with Gasteiger partial charge in [0.15, 0.2) is 0 Å². The third-order valence-corrected chi connectivity index (χ3v) is 2.21. The zero-order chi connectivity index (χ0) is 17.8. The molecule has 0 unspecified atom stereocenters. The lowest BCUT2D eigenvalue weighted by Crippen LogP contribution is -2.28. The van der Waals surface area contributed by atoms with E-state index in [0.29, 0.717) is 12.1 Å². The third kappa shape index (κ3) is 16.2. The Labute approximate surface area is 137 Å². The minimum absolute atomic E-state index is 0.0615. The Bertz CT molecular complexity index is 384. The Morgan fingerprint density at radius 1 is 1.18 bits per heavy atom. The quantitative estimate of drug-likeness (QED) is 0.607. The summed E-state index contributed by atoms with van der Waals surface area (Å²) in [6.45, 7) is 15.9. The highest BCUT2D eigenvalue weighted by molar-refractivity contribution is 5.97. The molecule has 0 heterocycles. The summed E-state index contributed by atoms with van der Waals surface area (Å²) < 4.78 is 0. The van der Waals surface area contributed by atoms with E-state index in [4.69, 9.17) is 0 Å². The van der Waals surface area contributed by atoms with Crippen LogP contribution in [0.1, 0.15) is 58.3 Å². The van der Waals surface area contributed by atoms with Gasteiger partial charge in [-0.25, -0.2) is 0 Å². The highest BCUT2D eigenvalue weighted by atomic mass is 16.1. The van der Waals surface area contributed by atoms with Crippen LogP contribution in [0.15, 0.2) is 48.0 Å². The molecular formula is C19H34N2O. The first-order valence-electron chi connectivity index (χ1n) is 8.02. The van der Waals surface area contributed by atoms with Crippen molar-refractivity contribution in [2.24, 2.45) is 4.99 Å². The molecule has 1 aromatic rings. The van der Waals surface area contributed by atoms with Crippen LogP contribution in [0.5, 0.6) is 0 Å². The third-order valence-electron chi connectivity index (χ3n) is 2.21. The van der Waals surface area contributed by atoms with E-state index in [1.165, 1.54) is 0 Å². The molecule has 0 spiro atoms. The van der Waals surface area contributed by atoms with Crippen LogP contribution in [0.25, 0.3) is 0 Å². The zero-order valence-electron chi connectivity index (χ0n) is 15.4. The van der Waals surface area contributed by atoms with Crippen LogP contribution >= 0.6 is 0 Å². The maximum Gasteiger partial charge on any atom is 0.251 e. The monoisotopic (exact) mass is 306 g/mol. The Balaban J connectivity index is -0.000000383. The number of hydrogen-bond donors (Lipinski definition) is 1. The molecule has 0 fully saturated rings. The lowest BCUT2D eigenvalue weighted by Gasteiger charge is -2.03. The van der Waals surface area contributed by atoms with Gasteiger partial charge in [0.05, 0.1) is 6.54 Å². The fourth-order valence-electron chi connectivity index (χ4n) is 0.979. The normalized spacial score (nSPS) is 8.77. The summed E-state index contributed by atoms with van der Waals surface area (Å²) in [7, 11) is 1.71. The molecule has 1 amide bonds. The van der Waals surface area contributed by atoms with Gasteiger partial charge in [-0.3, -0.25) is 9.79 Å². The number of benzene rings is 1. The van der Waals surface area contributed by atoms with E-state index in [1.54, 1.807) is 19.2 Å². The van der Waals surface area contributed by atoms with Gasteiger partial charge < -0.3 is 5.32 Å². The second-order valence-electron chi connectivity index (χ2n) is 3.70. The van der Waals surface area contributed by atoms with Crippen molar-refractivity contribution in [2.45, 2.75) is 48.0 Å². The van der Waals surface area contributed by atoms with Crippen molar-refractivity contribution in [3.8, 4) is 0 Å². The van der Waals surface area contributed by atoms with E-state index in [-0.39, 0.29) is 5.91 Å². The van der Waals surface area contributed by atoms with Crippen molar-refractivity contribution in [2.75, 3.05) is 13.6 Å². The van der Waals surface area contributed by atoms with Crippen LogP contribution in [-0.4, -0.2) is 25.2 Å². The van der Waals surface area contributed by atoms with E-state index in [0.717, 1.165) is 12.1 Å². The van der Waals surface area contributed by atoms with Gasteiger partial charge in [-0.05, 0) is 25.5 Å². The van der Waals surface area contributed by atoms with Crippen molar-refractivity contribution >= 4 is 11.6 Å². The molecule has 0 aliphatic carbocycles. The van der Waals surface area contributed by atoms with Crippen molar-refractivity contribution in [3.05, 3.63) is 48.6 Å². The molecule has 0 saturated heterocycles. The fourth-order valence-corrected chi connectivity index (χ4v) is 0.979. The largest absolute Gasteiger partial charge is 0.347 e. The first-order chi connectivity index (χ1) is 10.7. The Morgan fingerprint density at radius 2 is 1.64 bits per heavy atom. The fraction of sp³-hybridized carbons (Fsp3) is 0.474. The van der Waals surface area contributed by atoms with E-state index in [2.05, 4.69) is 23.8 Å². The van der Waals surface area contributed by atoms with Crippen LogP contribution in [0, 0.1) is 0 Å². The second kappa shape index (κ2) is 21.4. The highest BCUT2D eigenvalue weighted by Gasteiger charge is 2.02. The van der Waals surface area contributed by atoms with Gasteiger partial charge in [-0.15, -0.1) is 6.58 Å². The standard InChI is InChI=1S/C11H14N2O.C4H8.2C2H6/c1-9(12-2)8-13-11(14)10-6-4-3-5-7-10;1-3-4-2;2*1-2/h3-7H,8H2,1-2H3,(H,13,14);3H,1,4H2,2H3;2*1-2H3. The summed E-state index contributed by atoms with van der Waals surface area (Å²) in [6.07, 6.45) is 2.96. The molecule has 0 bridgehead atoms. The highest BCUT2D eigenvalue weighted by Crippen LogP contribution is 1.97. The van der Waals surface area contributed by atoms with Crippen LogP contribution in [0.3, 0.4) is 0 Å². The number of allylic oxidation sites excluding steroid dienone is 1. The summed E-state index contributed by atoms with van der Waals surface area (Å²) in [5, 5.41) is 2.78. The molecule has 0 saturated carbocycles. The van der Waals surface area contributed by atoms with Gasteiger partial charge in [-0.2, -0.15) is 0 Å². The number of carbonyl (C=O) groups is 1. The van der Waals surface area contributed by atoms with Crippen molar-refractivity contribution in [3.63, 3.8) is 0 Å². The number of nitrogens with one attached hydrogen (secondary N) is 1. The van der Waals surface area contributed by atoms with Crippen LogP contribution in [0.4, 0.5) is 0 Å². The summed E-state index contributed by atoms with van der Waals surface area (Å²) >= 11 is 0. The number of aliphatic imine (C=N–C) groups is 1. The van der Waals surface area contributed by atoms with E-state index in [1.807, 2.05) is 58.9 Å². The van der Waals surface area contributed by atoms with Crippen LogP contribution < -0.4 is 5.32 Å². The smallest absolute Gasteiger partial charge is 0.251 e. The van der Waals surface area contributed by atoms with Gasteiger partial charge in [-0.1, -0.05) is 58.9 Å². The lowest BCUT2D eigenvalue weighted by atomic mass is 10.2. The number of hydrogen-bond acceptors (Lipinski definition) is 2. The first kappa shape index (κ1) is 25.1. The predicted octanol–water partition coefficient (Wildman–Crippen LogP) is 5.14. The summed E-state index contributed by atoms with van der Waals surface area (Å²) in [6, 6.07) is 9.14. The minimum Gasteiger partial charge on any atom is -0.347 e. The Hall–Kier alpha value is -1.90. The molecule has 0 radical (unpaired) electrons. The molecule has 1 aromatic carbocycles. The zero-order valence-corrected chi connectivity index (χ0v) is 15.4. The summed E-state index contributed by atoms with van der Waals surface area (Å²) in [5.41, 5.74) is 1.59. The Kier molecular flexibility index (Phi) is 24.4. The molecule has 1 N–H and O–H groups in total. The average Bonchev–Trinajstić information content (AvgIpc) is 2.63. The molecule has 3 nitrogen and oxygen atoms in total. The number of rotatable bonds is 4. The number of nitrogens with zero attached hydrogens (tertiary/aromatic N) is 1. The molecular weight excluding hydrogens is 272 g/mol. The summed E-state index contributed by atoms with van der Waals surface area (Å²) in [4.78, 5) is 15.5. The molecule has 126 valence electrons. The van der Waals surface area contributed by atoms with Gasteiger partial charge in [0.1, 0.15) is 0 Å². The van der Waals surface area contributed by atoms with Crippen molar-refractivity contribution in [1.82, 2.24) is 5.32 Å². The van der Waals surface area contributed by atoms with Crippen molar-refractivity contribution < 1.29 is 4.79 Å². The van der Waals surface area contributed by atoms with Crippen molar-refractivity contribution in [1.29, 1.82) is 0 Å². The molecule has 1 rings (SSSR count). The molecule has 0 aliphatic rings. The molecule has 0 aliphatic heterocycles. The van der Waals surface area contributed by atoms with E-state index in [9.17, 15) is 4.79 Å². The van der Waals surface area contributed by atoms with Crippen LogP contribution in [0.2, 0.25) is 0 Å². The maximum absolute atomic E-state index is 11.5. The van der Waals surface area contributed by atoms with E-state index >= 15 is 0 Å². The first-order valence-corrected chi connectivity index (χ1v) is 8.02. The summed E-state index contributed by atoms with van der Waals surface area (Å²) in [5.74, 6) is -0.0615. The Morgan fingerprint density at radius 3 is 2.00 bits per heavy atom. The SMILES string of the molecule is C=CCC.CC.CC.CN=C(C)CNC(=O)c1ccccc1. The van der Waals surface area contributed by atoms with Crippen LogP contribution in [-0.2, 0) is 0 Å². The number of carbonyl (C=O) groups excluding carboxylic acids is 1. The second-order valence-corrected chi connectivity index (χ2v) is 3.70. The molecule has 0 atom stereocenters. The number of amides is 1. The minimum atomic E-state index is -0.0615. The van der Waals surface area contributed by atoms with Gasteiger partial charge >= 0.3 is 0 Å². The van der Waals surface area contributed by atoms with Gasteiger partial charge in [0, 0.05) is 18.3 Å². The average molecular weight is 306 g/mol.